The molecule has 2 N–H and O–H groups in total. The first-order valence-electron chi connectivity index (χ1n) is 10.3. The number of hydrogen-bond donors (Lipinski definition) is 2. The van der Waals surface area contributed by atoms with Gasteiger partial charge in [-0.05, 0) is 43.5 Å². The van der Waals surface area contributed by atoms with Gasteiger partial charge in [-0.3, -0.25) is 9.59 Å². The molecule has 2 heterocycles. The number of benzene rings is 2. The smallest absolute Gasteiger partial charge is 0.295 e. The number of ketones is 1. The number of aryl methyl sites for hydroxylation is 2. The first-order valence-corrected chi connectivity index (χ1v) is 10.3. The number of para-hydroxylation sites is 1. The summed E-state index contributed by atoms with van der Waals surface area (Å²) in [5, 5.41) is 12.1. The van der Waals surface area contributed by atoms with Crippen molar-refractivity contribution in [1.82, 2.24) is 9.88 Å². The molecule has 2 aromatic carbocycles. The summed E-state index contributed by atoms with van der Waals surface area (Å²) in [6.07, 6.45) is 2.41. The number of carbonyl (C=O) groups is 2. The number of ether oxygens (including phenoxy) is 1. The van der Waals surface area contributed by atoms with Crippen molar-refractivity contribution in [2.45, 2.75) is 26.3 Å². The molecule has 6 nitrogen and oxygen atoms in total. The van der Waals surface area contributed by atoms with Crippen LogP contribution < -0.4 is 0 Å². The molecule has 1 amide bonds. The number of nitrogens with zero attached hydrogens (tertiary/aromatic N) is 1. The van der Waals surface area contributed by atoms with Crippen molar-refractivity contribution in [3.05, 3.63) is 76.5 Å². The van der Waals surface area contributed by atoms with Crippen molar-refractivity contribution >= 4 is 28.4 Å². The Balaban J connectivity index is 1.89. The monoisotopic (exact) mass is 418 g/mol. The van der Waals surface area contributed by atoms with E-state index in [1.807, 2.05) is 56.4 Å². The standard InChI is InChI=1S/C25H26N2O4/c1-15-9-10-17(13-16(15)2)23(28)21-22(19-14-26-20-8-5-4-7-18(19)20)27(11-6-12-31-3)25(30)24(21)29/h4-5,7-10,13-14,22,26,28H,6,11-12H2,1-3H3/b23-21+. The van der Waals surface area contributed by atoms with Crippen LogP contribution in [0.15, 0.2) is 54.2 Å². The van der Waals surface area contributed by atoms with Crippen molar-refractivity contribution in [2.75, 3.05) is 20.3 Å². The van der Waals surface area contributed by atoms with Gasteiger partial charge in [-0.25, -0.2) is 0 Å². The molecule has 6 heteroatoms. The van der Waals surface area contributed by atoms with E-state index in [9.17, 15) is 14.7 Å². The molecule has 0 spiro atoms. The van der Waals surface area contributed by atoms with Crippen LogP contribution >= 0.6 is 0 Å². The topological polar surface area (TPSA) is 82.6 Å². The third kappa shape index (κ3) is 3.64. The Labute approximate surface area is 181 Å². The van der Waals surface area contributed by atoms with E-state index in [-0.39, 0.29) is 11.3 Å². The quantitative estimate of drug-likeness (QED) is 0.271. The third-order valence-electron chi connectivity index (χ3n) is 5.98. The number of aromatic nitrogens is 1. The summed E-state index contributed by atoms with van der Waals surface area (Å²) in [6, 6.07) is 12.6. The van der Waals surface area contributed by atoms with Crippen LogP contribution in [0.2, 0.25) is 0 Å². The number of fused-ring (bicyclic) bond motifs is 1. The first-order chi connectivity index (χ1) is 14.9. The Morgan fingerprint density at radius 2 is 1.90 bits per heavy atom. The molecule has 1 aromatic heterocycles. The zero-order valence-electron chi connectivity index (χ0n) is 17.9. The molecule has 1 atom stereocenters. The van der Waals surface area contributed by atoms with Gasteiger partial charge < -0.3 is 19.7 Å². The van der Waals surface area contributed by atoms with Crippen LogP contribution in [0.1, 0.15) is 34.7 Å². The van der Waals surface area contributed by atoms with E-state index < -0.39 is 17.7 Å². The number of amides is 1. The maximum Gasteiger partial charge on any atom is 0.295 e. The van der Waals surface area contributed by atoms with Gasteiger partial charge in [0.1, 0.15) is 5.76 Å². The van der Waals surface area contributed by atoms with Crippen LogP contribution in [-0.2, 0) is 14.3 Å². The van der Waals surface area contributed by atoms with E-state index in [0.29, 0.717) is 25.1 Å². The molecule has 1 unspecified atom stereocenters. The highest BCUT2D eigenvalue weighted by Gasteiger charge is 2.46. The summed E-state index contributed by atoms with van der Waals surface area (Å²) in [6.45, 7) is 4.76. The zero-order valence-corrected chi connectivity index (χ0v) is 17.9. The van der Waals surface area contributed by atoms with Crippen molar-refractivity contribution in [1.29, 1.82) is 0 Å². The zero-order chi connectivity index (χ0) is 22.1. The molecule has 0 saturated carbocycles. The van der Waals surface area contributed by atoms with E-state index in [1.165, 1.54) is 0 Å². The third-order valence-corrected chi connectivity index (χ3v) is 5.98. The predicted molar refractivity (Wildman–Crippen MR) is 120 cm³/mol. The Kier molecular flexibility index (Phi) is 5.65. The van der Waals surface area contributed by atoms with Gasteiger partial charge in [0.05, 0.1) is 11.6 Å². The Morgan fingerprint density at radius 3 is 2.65 bits per heavy atom. The predicted octanol–water partition coefficient (Wildman–Crippen LogP) is 4.24. The molecule has 1 fully saturated rings. The number of carbonyl (C=O) groups excluding carboxylic acids is 2. The lowest BCUT2D eigenvalue weighted by atomic mass is 9.94. The Bertz CT molecular complexity index is 1190. The molecule has 3 aromatic rings. The second kappa shape index (κ2) is 8.40. The summed E-state index contributed by atoms with van der Waals surface area (Å²) < 4.78 is 5.14. The van der Waals surface area contributed by atoms with Crippen molar-refractivity contribution < 1.29 is 19.4 Å². The number of Topliss-reactive ketones (excluding diaryl/α,β-unsaturated/α-hetero) is 1. The minimum atomic E-state index is -0.672. The van der Waals surface area contributed by atoms with E-state index in [1.54, 1.807) is 18.1 Å². The molecular formula is C25H26N2O4. The van der Waals surface area contributed by atoms with E-state index >= 15 is 0 Å². The molecule has 31 heavy (non-hydrogen) atoms. The summed E-state index contributed by atoms with van der Waals surface area (Å²) in [5.74, 6) is -1.41. The van der Waals surface area contributed by atoms with Gasteiger partial charge in [-0.1, -0.05) is 30.3 Å². The minimum absolute atomic E-state index is 0.121. The molecule has 0 aliphatic carbocycles. The van der Waals surface area contributed by atoms with E-state index in [2.05, 4.69) is 4.98 Å². The van der Waals surface area contributed by atoms with Crippen molar-refractivity contribution in [3.63, 3.8) is 0 Å². The molecule has 1 aliphatic heterocycles. The van der Waals surface area contributed by atoms with Crippen LogP contribution in [0, 0.1) is 13.8 Å². The molecule has 0 bridgehead atoms. The maximum absolute atomic E-state index is 13.1. The lowest BCUT2D eigenvalue weighted by Crippen LogP contribution is -2.31. The van der Waals surface area contributed by atoms with Crippen LogP contribution in [-0.4, -0.2) is 46.9 Å². The lowest BCUT2D eigenvalue weighted by Gasteiger charge is -2.24. The summed E-state index contributed by atoms with van der Waals surface area (Å²) in [5.41, 5.74) is 4.44. The second-order valence-corrected chi connectivity index (χ2v) is 7.93. The van der Waals surface area contributed by atoms with Gasteiger partial charge >= 0.3 is 0 Å². The maximum atomic E-state index is 13.1. The largest absolute Gasteiger partial charge is 0.507 e. The normalized spacial score (nSPS) is 18.3. The first kappa shape index (κ1) is 20.9. The molecule has 1 saturated heterocycles. The van der Waals surface area contributed by atoms with Gasteiger partial charge in [0, 0.05) is 48.5 Å². The molecule has 4 rings (SSSR count). The van der Waals surface area contributed by atoms with Gasteiger partial charge in [-0.15, -0.1) is 0 Å². The summed E-state index contributed by atoms with van der Waals surface area (Å²) in [7, 11) is 1.60. The summed E-state index contributed by atoms with van der Waals surface area (Å²) >= 11 is 0. The van der Waals surface area contributed by atoms with Crippen LogP contribution in [0.4, 0.5) is 0 Å². The Hall–Kier alpha value is -3.38. The van der Waals surface area contributed by atoms with Gasteiger partial charge in [-0.2, -0.15) is 0 Å². The lowest BCUT2D eigenvalue weighted by molar-refractivity contribution is -0.140. The summed E-state index contributed by atoms with van der Waals surface area (Å²) in [4.78, 5) is 30.9. The minimum Gasteiger partial charge on any atom is -0.507 e. The fraction of sp³-hybridized carbons (Fsp3) is 0.280. The van der Waals surface area contributed by atoms with Crippen molar-refractivity contribution in [3.8, 4) is 0 Å². The molecular weight excluding hydrogens is 392 g/mol. The molecule has 1 aliphatic rings. The highest BCUT2D eigenvalue weighted by Crippen LogP contribution is 2.42. The van der Waals surface area contributed by atoms with Gasteiger partial charge in [0.2, 0.25) is 0 Å². The number of aliphatic hydroxyl groups excluding tert-OH is 1. The fourth-order valence-electron chi connectivity index (χ4n) is 4.18. The number of rotatable bonds is 6. The van der Waals surface area contributed by atoms with Crippen molar-refractivity contribution in [2.24, 2.45) is 0 Å². The van der Waals surface area contributed by atoms with E-state index in [4.69, 9.17) is 4.74 Å². The fourth-order valence-corrected chi connectivity index (χ4v) is 4.18. The average Bonchev–Trinajstić information content (AvgIpc) is 3.29. The van der Waals surface area contributed by atoms with Gasteiger partial charge in [0.25, 0.3) is 11.7 Å². The number of H-pyrrole nitrogens is 1. The second-order valence-electron chi connectivity index (χ2n) is 7.93. The number of hydrogen-bond acceptors (Lipinski definition) is 4. The number of aromatic amines is 1. The number of nitrogens with one attached hydrogen (secondary N) is 1. The highest BCUT2D eigenvalue weighted by molar-refractivity contribution is 6.46. The van der Waals surface area contributed by atoms with Gasteiger partial charge in [0.15, 0.2) is 0 Å². The van der Waals surface area contributed by atoms with Crippen LogP contribution in [0.5, 0.6) is 0 Å². The Morgan fingerprint density at radius 1 is 1.13 bits per heavy atom. The van der Waals surface area contributed by atoms with E-state index in [0.717, 1.165) is 27.6 Å². The number of aliphatic hydroxyl groups is 1. The van der Waals surface area contributed by atoms with Crippen LogP contribution in [0.3, 0.4) is 0 Å². The molecule has 160 valence electrons. The SMILES string of the molecule is COCCCN1C(=O)C(=O)/C(=C(/O)c2ccc(C)c(C)c2)C1c1c[nH]c2ccccc12. The van der Waals surface area contributed by atoms with Crippen LogP contribution in [0.25, 0.3) is 16.7 Å². The average molecular weight is 418 g/mol. The number of methoxy groups -OCH3 is 1. The highest BCUT2D eigenvalue weighted by atomic mass is 16.5. The number of likely N-dealkylation sites (tertiary alicyclic amines) is 1. The molecule has 0 radical (unpaired) electrons.